The molecule has 0 spiro atoms. The summed E-state index contributed by atoms with van der Waals surface area (Å²) in [5, 5.41) is 13.1. The normalized spacial score (nSPS) is 14.8. The van der Waals surface area contributed by atoms with E-state index < -0.39 is 12.1 Å². The van der Waals surface area contributed by atoms with Gasteiger partial charge in [0.25, 0.3) is 0 Å². The molecule has 276 valence electrons. The molecule has 1 unspecified atom stereocenters. The van der Waals surface area contributed by atoms with Crippen LogP contribution in [0.3, 0.4) is 0 Å². The van der Waals surface area contributed by atoms with E-state index >= 15 is 0 Å². The molecule has 12 nitrogen and oxygen atoms in total. The lowest BCUT2D eigenvalue weighted by atomic mass is 9.86. The number of hydrogen-bond acceptors (Lipinski definition) is 7. The highest BCUT2D eigenvalue weighted by molar-refractivity contribution is 6.08. The number of carbonyl (C=O) groups excluding carboxylic acids is 3. The Morgan fingerprint density at radius 1 is 0.827 bits per heavy atom. The first-order valence-corrected chi connectivity index (χ1v) is 17.6. The van der Waals surface area contributed by atoms with E-state index in [4.69, 9.17) is 14.2 Å². The first kappa shape index (κ1) is 37.8. The summed E-state index contributed by atoms with van der Waals surface area (Å²) in [6.45, 7) is 13.8. The molecule has 1 atom stereocenters. The SMILES string of the molecule is CCNC(=O)N1CCN(Cc2cccc(Oc3ccc(NC(=O)Nc4cc(C(C)(C)C)cc(NC(=O)OC)c4OC)c4ccccc34)c2)CC1CC. The van der Waals surface area contributed by atoms with E-state index in [1.807, 2.05) is 93.3 Å². The zero-order valence-corrected chi connectivity index (χ0v) is 31.1. The van der Waals surface area contributed by atoms with E-state index in [2.05, 4.69) is 39.2 Å². The van der Waals surface area contributed by atoms with E-state index in [-0.39, 0.29) is 23.2 Å². The molecule has 4 N–H and O–H groups in total. The number of methoxy groups -OCH3 is 2. The fraction of sp³-hybridized carbons (Fsp3) is 0.375. The first-order valence-electron chi connectivity index (χ1n) is 17.6. The molecule has 1 aliphatic rings. The van der Waals surface area contributed by atoms with Gasteiger partial charge in [-0.1, -0.05) is 64.1 Å². The van der Waals surface area contributed by atoms with Crippen molar-refractivity contribution in [2.75, 3.05) is 56.3 Å². The van der Waals surface area contributed by atoms with Gasteiger partial charge in [-0.05, 0) is 66.3 Å². The predicted molar refractivity (Wildman–Crippen MR) is 206 cm³/mol. The van der Waals surface area contributed by atoms with Crippen LogP contribution >= 0.6 is 0 Å². The van der Waals surface area contributed by atoms with E-state index in [0.717, 1.165) is 48.0 Å². The van der Waals surface area contributed by atoms with Crippen LogP contribution in [-0.2, 0) is 16.7 Å². The van der Waals surface area contributed by atoms with Crippen molar-refractivity contribution in [1.82, 2.24) is 15.1 Å². The van der Waals surface area contributed by atoms with E-state index in [9.17, 15) is 14.4 Å². The molecule has 0 aromatic heterocycles. The number of ether oxygens (including phenoxy) is 3. The molecule has 0 radical (unpaired) electrons. The van der Waals surface area contributed by atoms with Gasteiger partial charge in [-0.15, -0.1) is 0 Å². The lowest BCUT2D eigenvalue weighted by molar-refractivity contribution is 0.0881. The van der Waals surface area contributed by atoms with Crippen LogP contribution in [0.15, 0.2) is 72.8 Å². The zero-order chi connectivity index (χ0) is 37.4. The van der Waals surface area contributed by atoms with E-state index in [1.54, 1.807) is 6.07 Å². The average Bonchev–Trinajstić information content (AvgIpc) is 3.12. The molecule has 5 amide bonds. The van der Waals surface area contributed by atoms with Crippen molar-refractivity contribution in [2.24, 2.45) is 0 Å². The van der Waals surface area contributed by atoms with E-state index in [1.165, 1.54) is 14.2 Å². The number of nitrogens with one attached hydrogen (secondary N) is 4. The van der Waals surface area contributed by atoms with Crippen LogP contribution in [0.5, 0.6) is 17.2 Å². The third kappa shape index (κ3) is 9.05. The van der Waals surface area contributed by atoms with Gasteiger partial charge in [0, 0.05) is 49.5 Å². The van der Waals surface area contributed by atoms with Crippen LogP contribution in [0.2, 0.25) is 0 Å². The summed E-state index contributed by atoms with van der Waals surface area (Å²) in [6.07, 6.45) is 0.239. The summed E-state index contributed by atoms with van der Waals surface area (Å²) in [5.74, 6) is 1.64. The molecule has 1 saturated heterocycles. The molecule has 1 fully saturated rings. The Morgan fingerprint density at radius 2 is 1.54 bits per heavy atom. The first-order chi connectivity index (χ1) is 24.9. The molecule has 52 heavy (non-hydrogen) atoms. The standard InChI is InChI=1S/C40H50N6O6/c1-8-28-25-45(19-20-46(28)38(48)41-9-2)24-26-13-12-14-29(21-26)52-35-18-17-32(30-15-10-11-16-31(30)35)42-37(47)43-33-22-27(40(3,4)5)23-34(36(33)50-6)44-39(49)51-7/h10-18,21-23,28H,8-9,19-20,24-25H2,1-7H3,(H,41,48)(H,44,49)(H2,42,43,47). The summed E-state index contributed by atoms with van der Waals surface area (Å²) in [5.41, 5.74) is 3.04. The van der Waals surface area contributed by atoms with Crippen molar-refractivity contribution in [1.29, 1.82) is 0 Å². The van der Waals surface area contributed by atoms with Crippen molar-refractivity contribution in [3.05, 3.63) is 83.9 Å². The number of benzene rings is 4. The number of piperazine rings is 1. The number of anilines is 3. The highest BCUT2D eigenvalue weighted by atomic mass is 16.5. The van der Waals surface area contributed by atoms with Crippen molar-refractivity contribution in [2.45, 2.75) is 59.0 Å². The summed E-state index contributed by atoms with van der Waals surface area (Å²) >= 11 is 0. The third-order valence-electron chi connectivity index (χ3n) is 9.12. The van der Waals surface area contributed by atoms with Crippen LogP contribution in [0.4, 0.5) is 31.4 Å². The molecule has 12 heteroatoms. The fourth-order valence-corrected chi connectivity index (χ4v) is 6.40. The van der Waals surface area contributed by atoms with Crippen LogP contribution in [0.1, 0.15) is 52.2 Å². The summed E-state index contributed by atoms with van der Waals surface area (Å²) in [7, 11) is 2.75. The Morgan fingerprint density at radius 3 is 2.21 bits per heavy atom. The lowest BCUT2D eigenvalue weighted by Crippen LogP contribution is -2.57. The molecule has 0 bridgehead atoms. The number of amides is 5. The minimum atomic E-state index is -0.654. The maximum Gasteiger partial charge on any atom is 0.411 e. The minimum Gasteiger partial charge on any atom is -0.492 e. The van der Waals surface area contributed by atoms with Crippen molar-refractivity contribution < 1.29 is 28.6 Å². The molecule has 5 rings (SSSR count). The van der Waals surface area contributed by atoms with Crippen LogP contribution in [0, 0.1) is 0 Å². The molecule has 4 aromatic rings. The number of nitrogens with zero attached hydrogens (tertiary/aromatic N) is 2. The number of urea groups is 2. The maximum absolute atomic E-state index is 13.5. The van der Waals surface area contributed by atoms with Crippen LogP contribution < -0.4 is 30.7 Å². The number of fused-ring (bicyclic) bond motifs is 1. The van der Waals surface area contributed by atoms with Gasteiger partial charge in [0.15, 0.2) is 5.75 Å². The monoisotopic (exact) mass is 710 g/mol. The summed E-state index contributed by atoms with van der Waals surface area (Å²) in [6, 6.07) is 22.8. The average molecular weight is 711 g/mol. The third-order valence-corrected chi connectivity index (χ3v) is 9.12. The van der Waals surface area contributed by atoms with Gasteiger partial charge in [-0.25, -0.2) is 14.4 Å². The highest BCUT2D eigenvalue weighted by Gasteiger charge is 2.29. The molecule has 1 aliphatic heterocycles. The summed E-state index contributed by atoms with van der Waals surface area (Å²) in [4.78, 5) is 42.5. The van der Waals surface area contributed by atoms with Crippen molar-refractivity contribution in [3.63, 3.8) is 0 Å². The van der Waals surface area contributed by atoms with Gasteiger partial charge in [-0.3, -0.25) is 10.2 Å². The Labute approximate surface area is 305 Å². The fourth-order valence-electron chi connectivity index (χ4n) is 6.40. The number of hydrogen-bond donors (Lipinski definition) is 4. The van der Waals surface area contributed by atoms with Gasteiger partial charge in [0.1, 0.15) is 11.5 Å². The Kier molecular flexibility index (Phi) is 12.1. The predicted octanol–water partition coefficient (Wildman–Crippen LogP) is 8.39. The smallest absolute Gasteiger partial charge is 0.411 e. The number of rotatable bonds is 10. The van der Waals surface area contributed by atoms with Gasteiger partial charge in [0.2, 0.25) is 0 Å². The minimum absolute atomic E-state index is 0.00758. The molecular weight excluding hydrogens is 660 g/mol. The zero-order valence-electron chi connectivity index (χ0n) is 31.1. The van der Waals surface area contributed by atoms with Gasteiger partial charge >= 0.3 is 18.2 Å². The second-order valence-corrected chi connectivity index (χ2v) is 13.8. The Balaban J connectivity index is 1.32. The Bertz CT molecular complexity index is 1910. The second kappa shape index (κ2) is 16.7. The molecule has 0 saturated carbocycles. The van der Waals surface area contributed by atoms with E-state index in [0.29, 0.717) is 41.7 Å². The van der Waals surface area contributed by atoms with Crippen molar-refractivity contribution >= 4 is 46.0 Å². The van der Waals surface area contributed by atoms with Crippen LogP contribution in [-0.4, -0.2) is 74.4 Å². The molecule has 0 aliphatic carbocycles. The Hall–Kier alpha value is -5.49. The number of carbonyl (C=O) groups is 3. The second-order valence-electron chi connectivity index (χ2n) is 13.8. The highest BCUT2D eigenvalue weighted by Crippen LogP contribution is 2.39. The molecular formula is C40H50N6O6. The van der Waals surface area contributed by atoms with Crippen LogP contribution in [0.25, 0.3) is 10.8 Å². The largest absolute Gasteiger partial charge is 0.492 e. The molecule has 1 heterocycles. The maximum atomic E-state index is 13.5. The summed E-state index contributed by atoms with van der Waals surface area (Å²) < 4.78 is 16.9. The van der Waals surface area contributed by atoms with Gasteiger partial charge in [-0.2, -0.15) is 0 Å². The molecule has 4 aromatic carbocycles. The lowest BCUT2D eigenvalue weighted by Gasteiger charge is -2.41. The van der Waals surface area contributed by atoms with Crippen molar-refractivity contribution in [3.8, 4) is 17.2 Å². The van der Waals surface area contributed by atoms with Gasteiger partial charge < -0.3 is 35.1 Å². The quantitative estimate of drug-likeness (QED) is 0.130. The van der Waals surface area contributed by atoms with Gasteiger partial charge in [0.05, 0.1) is 31.3 Å². The topological polar surface area (TPSA) is 134 Å².